The molecular formula is C20H24Cl2F2N4O. The fraction of sp³-hybridized carbons (Fsp3) is 0.350. The quantitative estimate of drug-likeness (QED) is 0.631. The summed E-state index contributed by atoms with van der Waals surface area (Å²) in [6.45, 7) is 0.00837. The third-order valence-electron chi connectivity index (χ3n) is 5.06. The van der Waals surface area contributed by atoms with Crippen molar-refractivity contribution >= 4 is 35.8 Å². The Hall–Kier alpha value is -1.93. The number of alkyl halides is 2. The zero-order valence-electron chi connectivity index (χ0n) is 15.9. The summed E-state index contributed by atoms with van der Waals surface area (Å²) < 4.78 is 34.1. The molecule has 0 radical (unpaired) electrons. The normalized spacial score (nSPS) is 17.0. The monoisotopic (exact) mass is 444 g/mol. The molecule has 0 spiro atoms. The van der Waals surface area contributed by atoms with Crippen LogP contribution in [-0.4, -0.2) is 41.2 Å². The topological polar surface area (TPSA) is 42.3 Å². The minimum atomic E-state index is -2.62. The number of hydrogen-bond donors (Lipinski definition) is 1. The Bertz CT molecular complexity index is 938. The lowest BCUT2D eigenvalue weighted by molar-refractivity contribution is 0.0646. The van der Waals surface area contributed by atoms with Gasteiger partial charge in [-0.15, -0.1) is 24.8 Å². The van der Waals surface area contributed by atoms with Gasteiger partial charge in [0.1, 0.15) is 11.6 Å². The fourth-order valence-electron chi connectivity index (χ4n) is 3.79. The van der Waals surface area contributed by atoms with Gasteiger partial charge in [-0.25, -0.2) is 4.98 Å². The average molecular weight is 445 g/mol. The first-order chi connectivity index (χ1) is 13.2. The van der Waals surface area contributed by atoms with Crippen molar-refractivity contribution in [2.45, 2.75) is 19.1 Å². The van der Waals surface area contributed by atoms with Crippen molar-refractivity contribution < 1.29 is 13.5 Å². The number of nitrogens with one attached hydrogen (secondary N) is 1. The number of imidazole rings is 1. The average Bonchev–Trinajstić information content (AvgIpc) is 3.06. The molecule has 1 fully saturated rings. The first-order valence-corrected chi connectivity index (χ1v) is 9.00. The second-order valence-electron chi connectivity index (χ2n) is 6.60. The van der Waals surface area contributed by atoms with Crippen LogP contribution in [0.2, 0.25) is 0 Å². The number of rotatable bonds is 5. The minimum absolute atomic E-state index is 0. The van der Waals surface area contributed by atoms with Crippen molar-refractivity contribution in [2.75, 3.05) is 26.7 Å². The Kier molecular flexibility index (Phi) is 8.22. The lowest BCUT2D eigenvalue weighted by Gasteiger charge is -2.36. The van der Waals surface area contributed by atoms with Gasteiger partial charge in [0.05, 0.1) is 30.7 Å². The Labute approximate surface area is 180 Å². The molecule has 1 unspecified atom stereocenters. The van der Waals surface area contributed by atoms with Crippen LogP contribution in [0.15, 0.2) is 48.5 Å². The fourth-order valence-corrected chi connectivity index (χ4v) is 3.79. The van der Waals surface area contributed by atoms with Crippen LogP contribution in [0, 0.1) is 0 Å². The van der Waals surface area contributed by atoms with Crippen molar-refractivity contribution in [1.29, 1.82) is 0 Å². The number of para-hydroxylation sites is 3. The first kappa shape index (κ1) is 23.3. The van der Waals surface area contributed by atoms with E-state index in [-0.39, 0.29) is 30.9 Å². The summed E-state index contributed by atoms with van der Waals surface area (Å²) in [5.41, 5.74) is 2.11. The number of nitrogens with zero attached hydrogens (tertiary/aromatic N) is 3. The number of piperazine rings is 1. The third-order valence-corrected chi connectivity index (χ3v) is 5.06. The van der Waals surface area contributed by atoms with Crippen LogP contribution in [0.4, 0.5) is 8.78 Å². The molecule has 2 heterocycles. The highest BCUT2D eigenvalue weighted by Gasteiger charge is 2.28. The van der Waals surface area contributed by atoms with Gasteiger partial charge in [-0.05, 0) is 18.2 Å². The van der Waals surface area contributed by atoms with Crippen molar-refractivity contribution in [1.82, 2.24) is 19.8 Å². The Morgan fingerprint density at radius 2 is 1.86 bits per heavy atom. The molecule has 4 rings (SSSR count). The molecular weight excluding hydrogens is 421 g/mol. The number of ether oxygens (including phenoxy) is 1. The lowest BCUT2D eigenvalue weighted by atomic mass is 10.0. The summed E-state index contributed by atoms with van der Waals surface area (Å²) in [5.74, 6) is 1.19. The van der Waals surface area contributed by atoms with Crippen LogP contribution in [0.5, 0.6) is 5.75 Å². The van der Waals surface area contributed by atoms with Crippen molar-refractivity contribution in [2.24, 2.45) is 0 Å². The summed E-state index contributed by atoms with van der Waals surface area (Å²) in [6, 6.07) is 14.9. The SMILES string of the molecule is COc1ccccc1C1CNCCN1Cc1nc2ccccc2n1C(F)F.Cl.Cl. The maximum Gasteiger partial charge on any atom is 0.320 e. The number of methoxy groups -OCH3 is 1. The van der Waals surface area contributed by atoms with Gasteiger partial charge in [0.2, 0.25) is 0 Å². The van der Waals surface area contributed by atoms with E-state index in [0.29, 0.717) is 23.4 Å². The van der Waals surface area contributed by atoms with Crippen LogP contribution in [0.3, 0.4) is 0 Å². The predicted molar refractivity (Wildman–Crippen MR) is 114 cm³/mol. The number of hydrogen-bond acceptors (Lipinski definition) is 4. The van der Waals surface area contributed by atoms with Gasteiger partial charge >= 0.3 is 6.55 Å². The summed E-state index contributed by atoms with van der Waals surface area (Å²) in [4.78, 5) is 6.68. The molecule has 0 bridgehead atoms. The van der Waals surface area contributed by atoms with Crippen LogP contribution >= 0.6 is 24.8 Å². The van der Waals surface area contributed by atoms with Gasteiger partial charge in [0, 0.05) is 25.2 Å². The molecule has 1 aliphatic rings. The van der Waals surface area contributed by atoms with Gasteiger partial charge in [-0.3, -0.25) is 9.47 Å². The van der Waals surface area contributed by atoms with Crippen molar-refractivity contribution in [3.63, 3.8) is 0 Å². The van der Waals surface area contributed by atoms with Gasteiger partial charge in [0.25, 0.3) is 0 Å². The number of benzene rings is 2. The highest BCUT2D eigenvalue weighted by atomic mass is 35.5. The van der Waals surface area contributed by atoms with Crippen LogP contribution in [-0.2, 0) is 6.54 Å². The zero-order chi connectivity index (χ0) is 18.8. The molecule has 1 atom stereocenters. The smallest absolute Gasteiger partial charge is 0.320 e. The number of halogens is 4. The van der Waals surface area contributed by atoms with E-state index in [4.69, 9.17) is 4.74 Å². The first-order valence-electron chi connectivity index (χ1n) is 9.00. The molecule has 0 aliphatic carbocycles. The highest BCUT2D eigenvalue weighted by Crippen LogP contribution is 2.32. The second kappa shape index (κ2) is 10.2. The molecule has 0 saturated carbocycles. The van der Waals surface area contributed by atoms with Crippen LogP contribution in [0.25, 0.3) is 11.0 Å². The van der Waals surface area contributed by atoms with Gasteiger partial charge in [-0.1, -0.05) is 30.3 Å². The summed E-state index contributed by atoms with van der Waals surface area (Å²) in [5, 5.41) is 3.39. The van der Waals surface area contributed by atoms with E-state index >= 15 is 0 Å². The molecule has 3 aromatic rings. The lowest BCUT2D eigenvalue weighted by Crippen LogP contribution is -2.46. The van der Waals surface area contributed by atoms with Gasteiger partial charge < -0.3 is 10.1 Å². The van der Waals surface area contributed by atoms with Crippen molar-refractivity contribution in [3.8, 4) is 5.75 Å². The van der Waals surface area contributed by atoms with E-state index in [1.165, 1.54) is 0 Å². The molecule has 5 nitrogen and oxygen atoms in total. The molecule has 158 valence electrons. The van der Waals surface area contributed by atoms with Crippen molar-refractivity contribution in [3.05, 3.63) is 59.9 Å². The van der Waals surface area contributed by atoms with Crippen LogP contribution < -0.4 is 10.1 Å². The van der Waals surface area contributed by atoms with Crippen LogP contribution in [0.1, 0.15) is 24.0 Å². The largest absolute Gasteiger partial charge is 0.496 e. The molecule has 2 aromatic carbocycles. The Morgan fingerprint density at radius 1 is 1.14 bits per heavy atom. The Morgan fingerprint density at radius 3 is 2.62 bits per heavy atom. The van der Waals surface area contributed by atoms with E-state index in [0.717, 1.165) is 35.5 Å². The van der Waals surface area contributed by atoms with E-state index < -0.39 is 6.55 Å². The third kappa shape index (κ3) is 4.64. The van der Waals surface area contributed by atoms with E-state index in [1.54, 1.807) is 25.3 Å². The molecule has 9 heteroatoms. The second-order valence-corrected chi connectivity index (χ2v) is 6.60. The maximum atomic E-state index is 13.8. The highest BCUT2D eigenvalue weighted by molar-refractivity contribution is 5.85. The summed E-state index contributed by atoms with van der Waals surface area (Å²) in [6.07, 6.45) is 0. The van der Waals surface area contributed by atoms with E-state index in [1.807, 2.05) is 30.3 Å². The number of fused-ring (bicyclic) bond motifs is 1. The molecule has 0 amide bonds. The van der Waals surface area contributed by atoms with Gasteiger partial charge in [0.15, 0.2) is 0 Å². The zero-order valence-corrected chi connectivity index (χ0v) is 17.6. The van der Waals surface area contributed by atoms with E-state index in [2.05, 4.69) is 15.2 Å². The standard InChI is InChI=1S/C20H22F2N4O.2ClH/c1-27-18-9-5-2-6-14(18)17-12-23-10-11-25(17)13-19-24-15-7-3-4-8-16(15)26(19)20(21)22;;/h2-9,17,20,23H,10-13H2,1H3;2*1H. The maximum absolute atomic E-state index is 13.8. The van der Waals surface area contributed by atoms with Gasteiger partial charge in [-0.2, -0.15) is 8.78 Å². The predicted octanol–water partition coefficient (Wildman–Crippen LogP) is 4.43. The molecule has 1 saturated heterocycles. The molecule has 1 aliphatic heterocycles. The molecule has 1 N–H and O–H groups in total. The summed E-state index contributed by atoms with van der Waals surface area (Å²) in [7, 11) is 1.65. The minimum Gasteiger partial charge on any atom is -0.496 e. The summed E-state index contributed by atoms with van der Waals surface area (Å²) >= 11 is 0. The number of aromatic nitrogens is 2. The Balaban J connectivity index is 0.00000150. The van der Waals surface area contributed by atoms with E-state index in [9.17, 15) is 8.78 Å². The molecule has 1 aromatic heterocycles. The molecule has 29 heavy (non-hydrogen) atoms.